The summed E-state index contributed by atoms with van der Waals surface area (Å²) in [7, 11) is 16.9. The Kier molecular flexibility index (Phi) is 6.39. The van der Waals surface area contributed by atoms with Crippen molar-refractivity contribution >= 4 is 146 Å². The van der Waals surface area contributed by atoms with Crippen LogP contribution in [0.1, 0.15) is 33.6 Å². The summed E-state index contributed by atoms with van der Waals surface area (Å²) in [4.78, 5) is 11.0. The molecule has 4 aliphatic heterocycles. The predicted molar refractivity (Wildman–Crippen MR) is 252 cm³/mol. The first-order valence-corrected chi connectivity index (χ1v) is 29.6. The van der Waals surface area contributed by atoms with E-state index in [0.717, 1.165) is 110 Å². The van der Waals surface area contributed by atoms with Gasteiger partial charge in [-0.3, -0.25) is 0 Å². The van der Waals surface area contributed by atoms with Crippen molar-refractivity contribution < 1.29 is 0 Å². The summed E-state index contributed by atoms with van der Waals surface area (Å²) in [6.07, 6.45) is 8.97. The van der Waals surface area contributed by atoms with Crippen LogP contribution in [0.5, 0.6) is 0 Å². The zero-order valence-corrected chi connectivity index (χ0v) is 35.6. The summed E-state index contributed by atoms with van der Waals surface area (Å²) in [6, 6.07) is 52.6. The van der Waals surface area contributed by atoms with Crippen molar-refractivity contribution in [3.05, 3.63) is 190 Å². The Hall–Kier alpha value is -6.18. The van der Waals surface area contributed by atoms with Crippen LogP contribution in [0.15, 0.2) is 156 Å². The molecule has 0 unspecified atom stereocenters. The fourth-order valence-corrected chi connectivity index (χ4v) is 21.0. The van der Waals surface area contributed by atoms with Crippen LogP contribution < -0.4 is 10.7 Å². The van der Waals surface area contributed by atoms with E-state index in [9.17, 15) is 0 Å². The molecule has 0 spiro atoms. The van der Waals surface area contributed by atoms with Crippen LogP contribution in [-0.2, 0) is 0 Å². The Morgan fingerprint density at radius 1 is 0.356 bits per heavy atom. The number of nitrogens with zero attached hydrogens (tertiary/aromatic N) is 4. The fraction of sp³-hybridized carbons (Fsp3) is 0. The predicted octanol–water partition coefficient (Wildman–Crippen LogP) is 11.7. The molecule has 7 heteroatoms. The zero-order chi connectivity index (χ0) is 38.7. The van der Waals surface area contributed by atoms with Crippen LogP contribution in [-0.4, -0.2) is 33.7 Å². The molecule has 274 valence electrons. The summed E-state index contributed by atoms with van der Waals surface area (Å²) in [6.45, 7) is 0. The van der Waals surface area contributed by atoms with Gasteiger partial charge in [0.2, 0.25) is 0 Å². The average Bonchev–Trinajstić information content (AvgIpc) is 3.95. The van der Waals surface area contributed by atoms with Crippen LogP contribution in [0, 0.1) is 0 Å². The Balaban J connectivity index is 1.25. The number of rotatable bonds is 0. The fourth-order valence-electron chi connectivity index (χ4n) is 10.1. The molecule has 4 aliphatic rings. The Morgan fingerprint density at radius 2 is 0.678 bits per heavy atom. The molecule has 0 fully saturated rings. The molecule has 14 rings (SSSR count). The summed E-state index contributed by atoms with van der Waals surface area (Å²) in [5, 5.41) is 15.5. The molecule has 6 bridgehead atoms. The van der Waals surface area contributed by atoms with E-state index in [1.165, 1.54) is 21.5 Å². The van der Waals surface area contributed by atoms with Gasteiger partial charge in [-0.2, -0.15) is 0 Å². The van der Waals surface area contributed by atoms with Crippen molar-refractivity contribution in [1.29, 1.82) is 0 Å². The third-order valence-corrected chi connectivity index (χ3v) is 23.2. The monoisotopic (exact) mass is 898 g/mol. The maximum atomic E-state index is 8.44. The van der Waals surface area contributed by atoms with Gasteiger partial charge in [-0.05, 0) is 0 Å². The van der Waals surface area contributed by atoms with Gasteiger partial charge in [0.25, 0.3) is 0 Å². The molecule has 4 nitrogen and oxygen atoms in total. The van der Waals surface area contributed by atoms with Crippen LogP contribution >= 0.6 is 17.8 Å². The maximum absolute atomic E-state index is 8.44. The van der Waals surface area contributed by atoms with Crippen molar-refractivity contribution in [3.8, 4) is 0 Å². The van der Waals surface area contributed by atoms with Crippen molar-refractivity contribution in [2.45, 2.75) is 0 Å². The quantitative estimate of drug-likeness (QED) is 0.136. The topological polar surface area (TPSA) is 34.6 Å². The number of hydrogen-bond donors (Lipinski definition) is 0. The molecule has 0 radical (unpaired) electrons. The minimum absolute atomic E-state index is 0.895. The minimum atomic E-state index is -4.96. The van der Waals surface area contributed by atoms with Gasteiger partial charge in [0.15, 0.2) is 0 Å². The summed E-state index contributed by atoms with van der Waals surface area (Å²) >= 11 is -4.96. The third-order valence-electron chi connectivity index (χ3n) is 12.8. The molecule has 0 N–H and O–H groups in total. The van der Waals surface area contributed by atoms with Gasteiger partial charge in [0.1, 0.15) is 0 Å². The van der Waals surface area contributed by atoms with Gasteiger partial charge in [-0.25, -0.2) is 0 Å². The number of hydrogen-bond acceptors (Lipinski definition) is 2. The van der Waals surface area contributed by atoms with Crippen molar-refractivity contribution in [1.82, 2.24) is 5.58 Å². The molecule has 0 saturated carbocycles. The molecule has 0 atom stereocenters. The van der Waals surface area contributed by atoms with Gasteiger partial charge in [0, 0.05) is 0 Å². The van der Waals surface area contributed by atoms with E-state index in [2.05, 4.69) is 175 Å². The second-order valence-corrected chi connectivity index (χ2v) is 29.9. The molecule has 59 heavy (non-hydrogen) atoms. The van der Waals surface area contributed by atoms with E-state index in [-0.39, 0.29) is 0 Å². The van der Waals surface area contributed by atoms with Gasteiger partial charge in [-0.1, -0.05) is 0 Å². The number of aromatic nitrogens is 2. The number of benzene rings is 8. The first-order valence-electron chi connectivity index (χ1n) is 19.9. The van der Waals surface area contributed by atoms with E-state index in [0.29, 0.717) is 0 Å². The molecule has 0 saturated heterocycles. The number of fused-ring (bicyclic) bond motifs is 18. The Bertz CT molecular complexity index is 3690. The van der Waals surface area contributed by atoms with Gasteiger partial charge < -0.3 is 0 Å². The van der Waals surface area contributed by atoms with E-state index in [4.69, 9.17) is 27.8 Å². The normalized spacial score (nSPS) is 15.8. The van der Waals surface area contributed by atoms with Crippen LogP contribution in [0.3, 0.4) is 0 Å². The van der Waals surface area contributed by atoms with Gasteiger partial charge in [0.05, 0.1) is 0 Å². The number of aliphatic imine (C=N–C) groups is 2. The van der Waals surface area contributed by atoms with Crippen LogP contribution in [0.4, 0.5) is 0 Å². The molecule has 10 aromatic rings. The van der Waals surface area contributed by atoms with Gasteiger partial charge in [-0.15, -0.1) is 0 Å². The summed E-state index contributed by atoms with van der Waals surface area (Å²) in [5.41, 5.74) is 9.88. The third kappa shape index (κ3) is 4.46. The van der Waals surface area contributed by atoms with E-state index < -0.39 is 16.7 Å². The van der Waals surface area contributed by atoms with Crippen LogP contribution in [0.25, 0.3) is 100 Å². The molecular formula is C52H28Cl2N4Sn. The Morgan fingerprint density at radius 3 is 1.05 bits per heavy atom. The van der Waals surface area contributed by atoms with E-state index in [1.54, 1.807) is 0 Å². The first kappa shape index (κ1) is 32.7. The molecule has 6 heterocycles. The van der Waals surface area contributed by atoms with E-state index in [1.807, 2.05) is 0 Å². The molecule has 0 amide bonds. The van der Waals surface area contributed by atoms with E-state index >= 15 is 0 Å². The van der Waals surface area contributed by atoms with Crippen molar-refractivity contribution in [2.24, 2.45) is 9.98 Å². The molecular weight excluding hydrogens is 870 g/mol. The van der Waals surface area contributed by atoms with Gasteiger partial charge >= 0.3 is 352 Å². The average molecular weight is 898 g/mol. The number of halogens is 2. The molecule has 2 aromatic heterocycles. The second kappa shape index (κ2) is 11.5. The summed E-state index contributed by atoms with van der Waals surface area (Å²) < 4.78 is 4.65. The van der Waals surface area contributed by atoms with Crippen molar-refractivity contribution in [2.75, 3.05) is 0 Å². The van der Waals surface area contributed by atoms with Crippen LogP contribution in [0.2, 0.25) is 0 Å². The standard InChI is InChI=1S/C52H28N4.2ClH.Sn/c1-2-10-30-18-38-37(17-29(30)9-1)45-25-47-39-19-31-11-3-4-12-32(31)20-40(39)49(54-47)27-51-43-23-35-15-7-8-16-36(35)24-44(43)52(56-51)28-50-42-22-34-14-6-5-13-33(34)21-41(42)48(55-50)26-46(38)53-45;;;/h1-28H;2*1H;/q-2;;;+4/p-2. The summed E-state index contributed by atoms with van der Waals surface area (Å²) in [5.74, 6) is 0. The SMILES string of the molecule is [Cl][Sn]1([Cl])[n]2c3c4cc5ccccc5cc4c2C=C2N=C(C=c4c5cc6ccccc6cc5c([n]41)=CC1=NC(=C3)c3cc4ccccc4cc31)c1cc3ccccc3cc12. The molecule has 8 aromatic carbocycles. The van der Waals surface area contributed by atoms with Crippen molar-refractivity contribution in [3.63, 3.8) is 0 Å². The zero-order valence-electron chi connectivity index (χ0n) is 31.2. The Labute approximate surface area is 349 Å². The molecule has 0 aliphatic carbocycles. The first-order chi connectivity index (χ1) is 28.9. The second-order valence-electron chi connectivity index (χ2n) is 16.0.